The van der Waals surface area contributed by atoms with Crippen molar-refractivity contribution < 1.29 is 31.1 Å². The molecule has 7 nitrogen and oxygen atoms in total. The average Bonchev–Trinajstić information content (AvgIpc) is 3.60. The van der Waals surface area contributed by atoms with Crippen LogP contribution in [0.3, 0.4) is 0 Å². The molecule has 0 bridgehead atoms. The number of carbonyl (C=O) groups is 1. The van der Waals surface area contributed by atoms with Crippen LogP contribution in [0.1, 0.15) is 44.2 Å². The van der Waals surface area contributed by atoms with Crippen molar-refractivity contribution in [1.29, 1.82) is 5.26 Å². The molecule has 194 valence electrons. The number of ether oxygens (including phenoxy) is 1. The normalized spacial score (nSPS) is 16.5. The van der Waals surface area contributed by atoms with E-state index in [9.17, 15) is 31.6 Å². The molecule has 0 aromatic heterocycles. The molecule has 1 saturated carbocycles. The monoisotopic (exact) mass is 523 g/mol. The third-order valence-electron chi connectivity index (χ3n) is 6.06. The van der Waals surface area contributed by atoms with Crippen LogP contribution in [0.5, 0.6) is 5.75 Å². The fourth-order valence-electron chi connectivity index (χ4n) is 3.89. The molecule has 2 atom stereocenters. The lowest BCUT2D eigenvalue weighted by Crippen LogP contribution is -2.51. The summed E-state index contributed by atoms with van der Waals surface area (Å²) in [5, 5.41) is 14.2. The quantitative estimate of drug-likeness (QED) is 0.481. The number of carbonyl (C=O) groups excluding carboxylic acids is 1. The van der Waals surface area contributed by atoms with Gasteiger partial charge >= 0.3 is 6.18 Å². The molecule has 36 heavy (non-hydrogen) atoms. The highest BCUT2D eigenvalue weighted by molar-refractivity contribution is 7.90. The van der Waals surface area contributed by atoms with Crippen LogP contribution in [0, 0.1) is 11.3 Å². The fourth-order valence-corrected chi connectivity index (χ4v) is 4.74. The average molecular weight is 524 g/mol. The van der Waals surface area contributed by atoms with Crippen molar-refractivity contribution in [3.8, 4) is 22.9 Å². The second-order valence-electron chi connectivity index (χ2n) is 8.93. The Morgan fingerprint density at radius 3 is 2.25 bits per heavy atom. The van der Waals surface area contributed by atoms with Gasteiger partial charge in [-0.05, 0) is 48.1 Å². The number of nitriles is 1. The lowest BCUT2D eigenvalue weighted by Gasteiger charge is -2.28. The molecule has 0 saturated heterocycles. The number of alkyl halides is 3. The van der Waals surface area contributed by atoms with E-state index >= 15 is 0 Å². The highest BCUT2D eigenvalue weighted by atomic mass is 32.2. The van der Waals surface area contributed by atoms with E-state index in [2.05, 4.69) is 10.6 Å². The first-order valence-electron chi connectivity index (χ1n) is 11.4. The number of benzene rings is 2. The van der Waals surface area contributed by atoms with Crippen LogP contribution in [-0.4, -0.2) is 45.4 Å². The Bertz CT molecular complexity index is 1250. The zero-order chi connectivity index (χ0) is 26.7. The first-order valence-corrected chi connectivity index (χ1v) is 13.3. The van der Waals surface area contributed by atoms with E-state index in [0.717, 1.165) is 6.26 Å². The van der Waals surface area contributed by atoms with Crippen LogP contribution in [0.4, 0.5) is 13.2 Å². The molecular weight excluding hydrogens is 495 g/mol. The van der Waals surface area contributed by atoms with Gasteiger partial charge in [-0.2, -0.15) is 18.4 Å². The van der Waals surface area contributed by atoms with E-state index in [1.807, 2.05) is 6.07 Å². The van der Waals surface area contributed by atoms with Gasteiger partial charge in [-0.1, -0.05) is 43.7 Å². The number of nitrogens with zero attached hydrogens (tertiary/aromatic N) is 1. The standard InChI is InChI=1S/C25H28F3N3O4S/c1-4-5-19(23(32)31-24(15-29)12-13-24)30-22(25(26,27)28)17-8-6-16(7-9-17)18-10-11-20(35-2)21(14-18)36(3,33)34/h6-11,14,19,22,30H,4-5,12-13H2,1-3H3,(H,31,32)/t19-,22-/m0/s1. The van der Waals surface area contributed by atoms with E-state index in [1.54, 1.807) is 13.0 Å². The number of hydrogen-bond acceptors (Lipinski definition) is 6. The number of amides is 1. The molecular formula is C25H28F3N3O4S. The van der Waals surface area contributed by atoms with Crippen molar-refractivity contribution in [3.63, 3.8) is 0 Å². The van der Waals surface area contributed by atoms with Gasteiger partial charge in [-0.3, -0.25) is 10.1 Å². The smallest absolute Gasteiger partial charge is 0.407 e. The van der Waals surface area contributed by atoms with E-state index in [1.165, 1.54) is 43.5 Å². The highest BCUT2D eigenvalue weighted by Gasteiger charge is 2.47. The maximum atomic E-state index is 14.1. The van der Waals surface area contributed by atoms with Crippen molar-refractivity contribution in [3.05, 3.63) is 48.0 Å². The van der Waals surface area contributed by atoms with Gasteiger partial charge in [0.1, 0.15) is 22.2 Å². The molecule has 0 spiro atoms. The molecule has 1 amide bonds. The Balaban J connectivity index is 1.88. The molecule has 1 aliphatic rings. The number of hydrogen-bond donors (Lipinski definition) is 2. The summed E-state index contributed by atoms with van der Waals surface area (Å²) in [6.45, 7) is 1.76. The Morgan fingerprint density at radius 1 is 1.17 bits per heavy atom. The first kappa shape index (κ1) is 27.5. The number of methoxy groups -OCH3 is 1. The molecule has 0 aliphatic heterocycles. The maximum absolute atomic E-state index is 14.1. The van der Waals surface area contributed by atoms with Crippen molar-refractivity contribution in [2.24, 2.45) is 0 Å². The van der Waals surface area contributed by atoms with Crippen LogP contribution in [0.25, 0.3) is 11.1 Å². The molecule has 0 radical (unpaired) electrons. The summed E-state index contributed by atoms with van der Waals surface area (Å²) in [6, 6.07) is 8.80. The lowest BCUT2D eigenvalue weighted by molar-refractivity contribution is -0.161. The summed E-state index contributed by atoms with van der Waals surface area (Å²) < 4.78 is 71.5. The predicted octanol–water partition coefficient (Wildman–Crippen LogP) is 4.30. The Labute approximate surface area is 208 Å². The Hall–Kier alpha value is -3.10. The van der Waals surface area contributed by atoms with Gasteiger partial charge in [-0.15, -0.1) is 0 Å². The van der Waals surface area contributed by atoms with Gasteiger partial charge < -0.3 is 10.1 Å². The molecule has 3 rings (SSSR count). The third-order valence-corrected chi connectivity index (χ3v) is 7.17. The minimum Gasteiger partial charge on any atom is -0.495 e. The maximum Gasteiger partial charge on any atom is 0.407 e. The van der Waals surface area contributed by atoms with Crippen molar-refractivity contribution in [2.45, 2.75) is 61.3 Å². The predicted molar refractivity (Wildman–Crippen MR) is 128 cm³/mol. The van der Waals surface area contributed by atoms with Gasteiger partial charge in [0.2, 0.25) is 5.91 Å². The summed E-state index contributed by atoms with van der Waals surface area (Å²) in [5.41, 5.74) is -0.0736. The topological polar surface area (TPSA) is 108 Å². The molecule has 2 aromatic carbocycles. The Kier molecular flexibility index (Phi) is 8.00. The van der Waals surface area contributed by atoms with Crippen LogP contribution in [-0.2, 0) is 14.6 Å². The van der Waals surface area contributed by atoms with Crippen LogP contribution < -0.4 is 15.4 Å². The minimum atomic E-state index is -4.69. The van der Waals surface area contributed by atoms with E-state index in [-0.39, 0.29) is 22.6 Å². The van der Waals surface area contributed by atoms with Gasteiger partial charge in [0.15, 0.2) is 9.84 Å². The second kappa shape index (κ2) is 10.5. The van der Waals surface area contributed by atoms with Crippen LogP contribution >= 0.6 is 0 Å². The van der Waals surface area contributed by atoms with Crippen LogP contribution in [0.15, 0.2) is 47.4 Å². The Morgan fingerprint density at radius 2 is 1.78 bits per heavy atom. The fraction of sp³-hybridized carbons (Fsp3) is 0.440. The van der Waals surface area contributed by atoms with Gasteiger partial charge in [0, 0.05) is 6.26 Å². The molecule has 0 heterocycles. The number of nitrogens with one attached hydrogen (secondary N) is 2. The van der Waals surface area contributed by atoms with Crippen LogP contribution in [0.2, 0.25) is 0 Å². The van der Waals surface area contributed by atoms with Crippen molar-refractivity contribution >= 4 is 15.7 Å². The number of halogens is 3. The molecule has 0 unspecified atom stereocenters. The van der Waals surface area contributed by atoms with E-state index in [0.29, 0.717) is 30.4 Å². The minimum absolute atomic E-state index is 0.0272. The molecule has 1 aliphatic carbocycles. The summed E-state index contributed by atoms with van der Waals surface area (Å²) in [4.78, 5) is 12.7. The zero-order valence-electron chi connectivity index (χ0n) is 20.1. The zero-order valence-corrected chi connectivity index (χ0v) is 21.0. The summed E-state index contributed by atoms with van der Waals surface area (Å²) in [7, 11) is -2.25. The van der Waals surface area contributed by atoms with Crippen molar-refractivity contribution in [1.82, 2.24) is 10.6 Å². The second-order valence-corrected chi connectivity index (χ2v) is 10.9. The van der Waals surface area contributed by atoms with Gasteiger partial charge in [-0.25, -0.2) is 8.42 Å². The van der Waals surface area contributed by atoms with E-state index in [4.69, 9.17) is 4.74 Å². The number of rotatable bonds is 10. The van der Waals surface area contributed by atoms with Crippen molar-refractivity contribution in [2.75, 3.05) is 13.4 Å². The molecule has 2 N–H and O–H groups in total. The largest absolute Gasteiger partial charge is 0.495 e. The summed E-state index contributed by atoms with van der Waals surface area (Å²) in [5.74, 6) is -0.461. The lowest BCUT2D eigenvalue weighted by atomic mass is 9.99. The third kappa shape index (κ3) is 6.36. The SMILES string of the molecule is CCC[C@H](N[C@@H](c1ccc(-c2ccc(OC)c(S(C)(=O)=O)c2)cc1)C(F)(F)F)C(=O)NC1(C#N)CC1. The summed E-state index contributed by atoms with van der Waals surface area (Å²) >= 11 is 0. The summed E-state index contributed by atoms with van der Waals surface area (Å²) in [6.07, 6.45) is -2.06. The van der Waals surface area contributed by atoms with Gasteiger partial charge in [0.05, 0.1) is 19.2 Å². The highest BCUT2D eigenvalue weighted by Crippen LogP contribution is 2.37. The molecule has 1 fully saturated rings. The molecule has 2 aromatic rings. The van der Waals surface area contributed by atoms with Gasteiger partial charge in [0.25, 0.3) is 0 Å². The van der Waals surface area contributed by atoms with E-state index < -0.39 is 39.5 Å². The first-order chi connectivity index (χ1) is 16.8. The number of sulfone groups is 1. The molecule has 11 heteroatoms.